The van der Waals surface area contributed by atoms with Gasteiger partial charge in [-0.05, 0) is 42.7 Å². The predicted molar refractivity (Wildman–Crippen MR) is 84.4 cm³/mol. The van der Waals surface area contributed by atoms with Crippen molar-refractivity contribution in [2.75, 3.05) is 0 Å². The van der Waals surface area contributed by atoms with Crippen LogP contribution in [0.15, 0.2) is 52.9 Å². The van der Waals surface area contributed by atoms with Crippen LogP contribution in [0.4, 0.5) is 0 Å². The smallest absolute Gasteiger partial charge is 0.105 e. The fourth-order valence-corrected chi connectivity index (χ4v) is 3.04. The van der Waals surface area contributed by atoms with Crippen molar-refractivity contribution in [3.8, 4) is 0 Å². The molecule has 3 aromatic rings. The Kier molecular flexibility index (Phi) is 3.54. The number of aryl methyl sites for hydroxylation is 2. The average Bonchev–Trinajstić information content (AvgIpc) is 2.78. The summed E-state index contributed by atoms with van der Waals surface area (Å²) in [6.07, 6.45) is 0.812. The molecule has 0 aliphatic carbocycles. The lowest BCUT2D eigenvalue weighted by Crippen LogP contribution is -1.96. The molecule has 20 heavy (non-hydrogen) atoms. The minimum Gasteiger partial charge on any atom is -0.466 e. The molecule has 2 aromatic carbocycles. The standard InChI is InChI=1S/C18H17ClO/c1-12-9-17(13(2)20-12)18(19)11-14-7-8-15-5-3-4-6-16(15)10-14/h3-10,18H,11H2,1-2H3. The molecule has 0 saturated heterocycles. The van der Waals surface area contributed by atoms with Gasteiger partial charge in [0.1, 0.15) is 11.5 Å². The first-order chi connectivity index (χ1) is 9.63. The zero-order chi connectivity index (χ0) is 14.1. The highest BCUT2D eigenvalue weighted by molar-refractivity contribution is 6.21. The van der Waals surface area contributed by atoms with Gasteiger partial charge in [0, 0.05) is 5.56 Å². The summed E-state index contributed by atoms with van der Waals surface area (Å²) in [4.78, 5) is 0. The highest BCUT2D eigenvalue weighted by atomic mass is 35.5. The van der Waals surface area contributed by atoms with Gasteiger partial charge in [-0.1, -0.05) is 42.5 Å². The van der Waals surface area contributed by atoms with Crippen LogP contribution < -0.4 is 0 Å². The number of benzene rings is 2. The van der Waals surface area contributed by atoms with Gasteiger partial charge in [-0.15, -0.1) is 11.6 Å². The quantitative estimate of drug-likeness (QED) is 0.573. The second kappa shape index (κ2) is 5.34. The van der Waals surface area contributed by atoms with Crippen molar-refractivity contribution < 1.29 is 4.42 Å². The van der Waals surface area contributed by atoms with Gasteiger partial charge in [0.15, 0.2) is 0 Å². The highest BCUT2D eigenvalue weighted by Crippen LogP contribution is 2.30. The zero-order valence-electron chi connectivity index (χ0n) is 11.7. The Balaban J connectivity index is 1.87. The SMILES string of the molecule is Cc1cc(C(Cl)Cc2ccc3ccccc3c2)c(C)o1. The van der Waals surface area contributed by atoms with Crippen LogP contribution in [0, 0.1) is 13.8 Å². The van der Waals surface area contributed by atoms with E-state index in [2.05, 4.69) is 42.5 Å². The van der Waals surface area contributed by atoms with E-state index < -0.39 is 0 Å². The molecular formula is C18H17ClO. The van der Waals surface area contributed by atoms with Crippen molar-refractivity contribution in [3.05, 3.63) is 71.2 Å². The summed E-state index contributed by atoms with van der Waals surface area (Å²) in [5, 5.41) is 2.47. The number of hydrogen-bond donors (Lipinski definition) is 0. The number of furan rings is 1. The Hall–Kier alpha value is -1.73. The molecular weight excluding hydrogens is 268 g/mol. The van der Waals surface area contributed by atoms with Crippen molar-refractivity contribution in [2.24, 2.45) is 0 Å². The van der Waals surface area contributed by atoms with Crippen LogP contribution in [-0.2, 0) is 6.42 Å². The molecule has 0 spiro atoms. The Bertz CT molecular complexity index is 742. The molecule has 1 aromatic heterocycles. The second-order valence-corrected chi connectivity index (χ2v) is 5.75. The molecule has 0 bridgehead atoms. The van der Waals surface area contributed by atoms with Gasteiger partial charge in [0.05, 0.1) is 5.38 Å². The van der Waals surface area contributed by atoms with E-state index in [0.29, 0.717) is 0 Å². The fourth-order valence-electron chi connectivity index (χ4n) is 2.64. The zero-order valence-corrected chi connectivity index (χ0v) is 12.4. The van der Waals surface area contributed by atoms with Gasteiger partial charge in [0.2, 0.25) is 0 Å². The van der Waals surface area contributed by atoms with Crippen molar-refractivity contribution >= 4 is 22.4 Å². The number of halogens is 1. The Morgan fingerprint density at radius 2 is 1.75 bits per heavy atom. The van der Waals surface area contributed by atoms with Gasteiger partial charge in [-0.25, -0.2) is 0 Å². The predicted octanol–water partition coefficient (Wildman–Crippen LogP) is 5.57. The van der Waals surface area contributed by atoms with Gasteiger partial charge in [-0.3, -0.25) is 0 Å². The molecule has 1 nitrogen and oxygen atoms in total. The third-order valence-electron chi connectivity index (χ3n) is 3.65. The van der Waals surface area contributed by atoms with E-state index in [1.807, 2.05) is 19.9 Å². The van der Waals surface area contributed by atoms with Crippen LogP contribution in [0.2, 0.25) is 0 Å². The van der Waals surface area contributed by atoms with Crippen LogP contribution in [-0.4, -0.2) is 0 Å². The van der Waals surface area contributed by atoms with Crippen LogP contribution in [0.25, 0.3) is 10.8 Å². The van der Waals surface area contributed by atoms with Gasteiger partial charge < -0.3 is 4.42 Å². The maximum absolute atomic E-state index is 6.55. The van der Waals surface area contributed by atoms with Crippen LogP contribution in [0.1, 0.15) is 28.0 Å². The Labute approximate surface area is 124 Å². The van der Waals surface area contributed by atoms with Gasteiger partial charge >= 0.3 is 0 Å². The first-order valence-electron chi connectivity index (χ1n) is 6.82. The van der Waals surface area contributed by atoms with Crippen molar-refractivity contribution in [1.82, 2.24) is 0 Å². The average molecular weight is 285 g/mol. The van der Waals surface area contributed by atoms with E-state index in [4.69, 9.17) is 16.0 Å². The van der Waals surface area contributed by atoms with E-state index in [9.17, 15) is 0 Å². The molecule has 0 N–H and O–H groups in total. The summed E-state index contributed by atoms with van der Waals surface area (Å²) in [5.74, 6) is 1.84. The number of hydrogen-bond acceptors (Lipinski definition) is 1. The van der Waals surface area contributed by atoms with Crippen molar-refractivity contribution in [2.45, 2.75) is 25.6 Å². The molecule has 1 heterocycles. The molecule has 102 valence electrons. The number of rotatable bonds is 3. The van der Waals surface area contributed by atoms with Crippen LogP contribution in [0.3, 0.4) is 0 Å². The molecule has 0 aliphatic rings. The number of fused-ring (bicyclic) bond motifs is 1. The second-order valence-electron chi connectivity index (χ2n) is 5.22. The molecule has 0 radical (unpaired) electrons. The van der Waals surface area contributed by atoms with E-state index in [1.54, 1.807) is 0 Å². The monoisotopic (exact) mass is 284 g/mol. The summed E-state index contributed by atoms with van der Waals surface area (Å²) in [6, 6.07) is 16.9. The first-order valence-corrected chi connectivity index (χ1v) is 7.26. The lowest BCUT2D eigenvalue weighted by atomic mass is 10.0. The summed E-state index contributed by atoms with van der Waals surface area (Å²) in [7, 11) is 0. The Morgan fingerprint density at radius 1 is 1.00 bits per heavy atom. The molecule has 3 rings (SSSR count). The van der Waals surface area contributed by atoms with E-state index in [0.717, 1.165) is 23.5 Å². The van der Waals surface area contributed by atoms with Crippen molar-refractivity contribution in [3.63, 3.8) is 0 Å². The fraction of sp³-hybridized carbons (Fsp3) is 0.222. The third-order valence-corrected chi connectivity index (χ3v) is 4.04. The van der Waals surface area contributed by atoms with Crippen molar-refractivity contribution in [1.29, 1.82) is 0 Å². The topological polar surface area (TPSA) is 13.1 Å². The molecule has 2 heteroatoms. The molecule has 1 atom stereocenters. The molecule has 1 unspecified atom stereocenters. The van der Waals surface area contributed by atoms with Crippen LogP contribution in [0.5, 0.6) is 0 Å². The largest absolute Gasteiger partial charge is 0.466 e. The lowest BCUT2D eigenvalue weighted by molar-refractivity contribution is 0.500. The number of alkyl halides is 1. The van der Waals surface area contributed by atoms with E-state index >= 15 is 0 Å². The molecule has 0 aliphatic heterocycles. The minimum absolute atomic E-state index is 0.0476. The Morgan fingerprint density at radius 3 is 2.45 bits per heavy atom. The summed E-state index contributed by atoms with van der Waals surface area (Å²) < 4.78 is 5.56. The maximum atomic E-state index is 6.55. The molecule has 0 fully saturated rings. The molecule has 0 amide bonds. The van der Waals surface area contributed by atoms with Gasteiger partial charge in [0.25, 0.3) is 0 Å². The summed E-state index contributed by atoms with van der Waals surface area (Å²) >= 11 is 6.55. The normalized spacial score (nSPS) is 12.8. The summed E-state index contributed by atoms with van der Waals surface area (Å²) in [6.45, 7) is 3.92. The lowest BCUT2D eigenvalue weighted by Gasteiger charge is -2.09. The van der Waals surface area contributed by atoms with Gasteiger partial charge in [-0.2, -0.15) is 0 Å². The molecule has 0 saturated carbocycles. The van der Waals surface area contributed by atoms with E-state index in [1.165, 1.54) is 16.3 Å². The summed E-state index contributed by atoms with van der Waals surface area (Å²) in [5.41, 5.74) is 2.35. The first kappa shape index (κ1) is 13.3. The van der Waals surface area contributed by atoms with E-state index in [-0.39, 0.29) is 5.38 Å². The minimum atomic E-state index is -0.0476. The maximum Gasteiger partial charge on any atom is 0.105 e. The third kappa shape index (κ3) is 2.59. The highest BCUT2D eigenvalue weighted by Gasteiger charge is 2.15. The van der Waals surface area contributed by atoms with Crippen LogP contribution >= 0.6 is 11.6 Å².